The van der Waals surface area contributed by atoms with Gasteiger partial charge in [0.25, 0.3) is 0 Å². The van der Waals surface area contributed by atoms with Gasteiger partial charge in [0.2, 0.25) is 5.91 Å². The van der Waals surface area contributed by atoms with Crippen LogP contribution in [0.25, 0.3) is 12.2 Å². The Kier molecular flexibility index (Phi) is 4.63. The van der Waals surface area contributed by atoms with Gasteiger partial charge in [0.1, 0.15) is 0 Å². The number of pyridine rings is 1. The molecule has 4 nitrogen and oxygen atoms in total. The average molecular weight is 267 g/mol. The molecule has 0 radical (unpaired) electrons. The molecule has 20 heavy (non-hydrogen) atoms. The van der Waals surface area contributed by atoms with Crippen LogP contribution in [0.5, 0.6) is 0 Å². The third-order valence-electron chi connectivity index (χ3n) is 2.74. The third kappa shape index (κ3) is 4.03. The second-order valence-electron chi connectivity index (χ2n) is 4.41. The molecule has 0 saturated heterocycles. The molecule has 0 aliphatic rings. The Bertz CT molecular complexity index is 618. The molecule has 0 bridgehead atoms. The monoisotopic (exact) mass is 267 g/mol. The summed E-state index contributed by atoms with van der Waals surface area (Å²) in [6.07, 6.45) is 3.94. The fourth-order valence-electron chi connectivity index (χ4n) is 1.73. The first-order valence-electron chi connectivity index (χ1n) is 6.39. The van der Waals surface area contributed by atoms with E-state index in [1.54, 1.807) is 0 Å². The molecular weight excluding hydrogens is 250 g/mol. The number of rotatable bonds is 4. The zero-order valence-electron chi connectivity index (χ0n) is 11.3. The number of anilines is 1. The minimum absolute atomic E-state index is 0.0132. The van der Waals surface area contributed by atoms with Crippen molar-refractivity contribution < 1.29 is 4.79 Å². The number of nitrogens with zero attached hydrogens (tertiary/aromatic N) is 1. The van der Waals surface area contributed by atoms with Crippen LogP contribution in [-0.4, -0.2) is 17.4 Å². The smallest absolute Gasteiger partial charge is 0.238 e. The van der Waals surface area contributed by atoms with Gasteiger partial charge in [-0.2, -0.15) is 0 Å². The maximum Gasteiger partial charge on any atom is 0.238 e. The van der Waals surface area contributed by atoms with Crippen LogP contribution >= 0.6 is 0 Å². The van der Waals surface area contributed by atoms with E-state index in [1.807, 2.05) is 61.5 Å². The minimum atomic E-state index is -0.197. The van der Waals surface area contributed by atoms with Gasteiger partial charge in [0, 0.05) is 11.4 Å². The lowest BCUT2D eigenvalue weighted by Gasteiger charge is -2.03. The maximum absolute atomic E-state index is 11.2. The first-order chi connectivity index (χ1) is 9.67. The molecule has 1 aromatic carbocycles. The zero-order valence-corrected chi connectivity index (χ0v) is 11.3. The molecule has 0 saturated carbocycles. The summed E-state index contributed by atoms with van der Waals surface area (Å²) in [5.41, 5.74) is 8.94. The van der Waals surface area contributed by atoms with E-state index in [0.717, 1.165) is 22.6 Å². The van der Waals surface area contributed by atoms with Gasteiger partial charge in [-0.05, 0) is 42.8 Å². The van der Waals surface area contributed by atoms with E-state index in [4.69, 9.17) is 5.73 Å². The number of amides is 1. The Labute approximate surface area is 118 Å². The number of benzene rings is 1. The Hall–Kier alpha value is -2.46. The van der Waals surface area contributed by atoms with Gasteiger partial charge in [-0.25, -0.2) is 0 Å². The van der Waals surface area contributed by atoms with Gasteiger partial charge in [0.05, 0.1) is 12.2 Å². The quantitative estimate of drug-likeness (QED) is 0.894. The molecule has 3 N–H and O–H groups in total. The van der Waals surface area contributed by atoms with Crippen LogP contribution in [0.2, 0.25) is 0 Å². The highest BCUT2D eigenvalue weighted by Crippen LogP contribution is 2.12. The lowest BCUT2D eigenvalue weighted by molar-refractivity contribution is -0.114. The van der Waals surface area contributed by atoms with Crippen molar-refractivity contribution in [2.75, 3.05) is 11.9 Å². The summed E-state index contributed by atoms with van der Waals surface area (Å²) in [6.45, 7) is 1.95. The maximum atomic E-state index is 11.2. The predicted molar refractivity (Wildman–Crippen MR) is 82.0 cm³/mol. The van der Waals surface area contributed by atoms with E-state index in [9.17, 15) is 4.79 Å². The number of nitrogens with two attached hydrogens (primary N) is 1. The van der Waals surface area contributed by atoms with Crippen molar-refractivity contribution in [2.24, 2.45) is 5.73 Å². The Balaban J connectivity index is 2.05. The molecule has 102 valence electrons. The van der Waals surface area contributed by atoms with E-state index in [2.05, 4.69) is 10.3 Å². The number of carbonyl (C=O) groups excluding carboxylic acids is 1. The van der Waals surface area contributed by atoms with E-state index < -0.39 is 0 Å². The largest absolute Gasteiger partial charge is 0.325 e. The fraction of sp³-hybridized carbons (Fsp3) is 0.125. The predicted octanol–water partition coefficient (Wildman–Crippen LogP) is 2.46. The minimum Gasteiger partial charge on any atom is -0.325 e. The Morgan fingerprint density at radius 3 is 2.60 bits per heavy atom. The number of aromatic nitrogens is 1. The zero-order chi connectivity index (χ0) is 14.4. The van der Waals surface area contributed by atoms with Crippen LogP contribution in [0, 0.1) is 6.92 Å². The molecule has 1 aromatic heterocycles. The lowest BCUT2D eigenvalue weighted by atomic mass is 10.1. The van der Waals surface area contributed by atoms with Crippen LogP contribution in [0.15, 0.2) is 42.5 Å². The molecule has 0 aliphatic heterocycles. The highest BCUT2D eigenvalue weighted by molar-refractivity contribution is 5.92. The molecule has 1 amide bonds. The van der Waals surface area contributed by atoms with Crippen LogP contribution < -0.4 is 11.1 Å². The van der Waals surface area contributed by atoms with Gasteiger partial charge >= 0.3 is 0 Å². The van der Waals surface area contributed by atoms with Gasteiger partial charge in [-0.3, -0.25) is 9.78 Å². The van der Waals surface area contributed by atoms with E-state index in [1.165, 1.54) is 0 Å². The molecule has 0 aliphatic carbocycles. The van der Waals surface area contributed by atoms with Gasteiger partial charge < -0.3 is 11.1 Å². The molecule has 0 fully saturated rings. The summed E-state index contributed by atoms with van der Waals surface area (Å²) in [4.78, 5) is 15.5. The summed E-state index contributed by atoms with van der Waals surface area (Å²) in [6, 6.07) is 13.4. The van der Waals surface area contributed by atoms with E-state index >= 15 is 0 Å². The molecule has 4 heteroatoms. The molecule has 2 aromatic rings. The topological polar surface area (TPSA) is 68.0 Å². The molecule has 0 spiro atoms. The van der Waals surface area contributed by atoms with Gasteiger partial charge in [-0.1, -0.05) is 24.3 Å². The molecule has 1 heterocycles. The van der Waals surface area contributed by atoms with Crippen molar-refractivity contribution in [3.05, 3.63) is 59.4 Å². The fourth-order valence-corrected chi connectivity index (χ4v) is 1.73. The Morgan fingerprint density at radius 2 is 1.95 bits per heavy atom. The highest BCUT2D eigenvalue weighted by atomic mass is 16.1. The molecule has 2 rings (SSSR count). The number of hydrogen-bond donors (Lipinski definition) is 2. The second kappa shape index (κ2) is 6.63. The van der Waals surface area contributed by atoms with Crippen molar-refractivity contribution in [1.82, 2.24) is 4.98 Å². The number of nitrogens with one attached hydrogen (secondary N) is 1. The van der Waals surface area contributed by atoms with E-state index in [-0.39, 0.29) is 12.5 Å². The van der Waals surface area contributed by atoms with Gasteiger partial charge in [-0.15, -0.1) is 0 Å². The van der Waals surface area contributed by atoms with Crippen LogP contribution in [0.3, 0.4) is 0 Å². The highest BCUT2D eigenvalue weighted by Gasteiger charge is 1.98. The summed E-state index contributed by atoms with van der Waals surface area (Å²) in [5, 5.41) is 2.70. The van der Waals surface area contributed by atoms with Gasteiger partial charge in [0.15, 0.2) is 0 Å². The SMILES string of the molecule is Cc1cccc(C=Cc2ccc(NC(=O)CN)cc2)n1. The second-order valence-corrected chi connectivity index (χ2v) is 4.41. The van der Waals surface area contributed by atoms with Crippen molar-refractivity contribution in [3.63, 3.8) is 0 Å². The number of hydrogen-bond acceptors (Lipinski definition) is 3. The van der Waals surface area contributed by atoms with Crippen molar-refractivity contribution in [1.29, 1.82) is 0 Å². The van der Waals surface area contributed by atoms with Crippen molar-refractivity contribution in [2.45, 2.75) is 6.92 Å². The van der Waals surface area contributed by atoms with E-state index in [0.29, 0.717) is 0 Å². The Morgan fingerprint density at radius 1 is 1.20 bits per heavy atom. The first kappa shape index (κ1) is 14.0. The normalized spacial score (nSPS) is 10.7. The van der Waals surface area contributed by atoms with Crippen LogP contribution in [-0.2, 0) is 4.79 Å². The first-order valence-corrected chi connectivity index (χ1v) is 6.39. The average Bonchev–Trinajstić information content (AvgIpc) is 2.46. The van der Waals surface area contributed by atoms with Crippen molar-refractivity contribution in [3.8, 4) is 0 Å². The molecule has 0 unspecified atom stereocenters. The van der Waals surface area contributed by atoms with Crippen molar-refractivity contribution >= 4 is 23.7 Å². The van der Waals surface area contributed by atoms with Crippen LogP contribution in [0.4, 0.5) is 5.69 Å². The lowest BCUT2D eigenvalue weighted by Crippen LogP contribution is -2.21. The number of carbonyl (C=O) groups is 1. The number of aryl methyl sites for hydroxylation is 1. The summed E-state index contributed by atoms with van der Waals surface area (Å²) in [7, 11) is 0. The van der Waals surface area contributed by atoms with Crippen LogP contribution in [0.1, 0.15) is 17.0 Å². The molecular formula is C16H17N3O. The molecule has 0 atom stereocenters. The summed E-state index contributed by atoms with van der Waals surface area (Å²) in [5.74, 6) is -0.197. The summed E-state index contributed by atoms with van der Waals surface area (Å²) < 4.78 is 0. The standard InChI is InChI=1S/C16H17N3O/c1-12-3-2-4-14(18-12)8-5-13-6-9-15(10-7-13)19-16(20)11-17/h2-10H,11,17H2,1H3,(H,19,20). The third-order valence-corrected chi connectivity index (χ3v) is 2.74. The summed E-state index contributed by atoms with van der Waals surface area (Å²) >= 11 is 0.